The second-order valence-corrected chi connectivity index (χ2v) is 13.3. The summed E-state index contributed by atoms with van der Waals surface area (Å²) in [6, 6.07) is 10.4. The van der Waals surface area contributed by atoms with Crippen LogP contribution in [0.3, 0.4) is 0 Å². The fourth-order valence-corrected chi connectivity index (χ4v) is 6.36. The number of aryl methyl sites for hydroxylation is 2. The van der Waals surface area contributed by atoms with Gasteiger partial charge >= 0.3 is 12.3 Å². The number of nitrogens with zero attached hydrogens (tertiary/aromatic N) is 4. The van der Waals surface area contributed by atoms with Crippen molar-refractivity contribution < 1.29 is 42.0 Å². The lowest BCUT2D eigenvalue weighted by Gasteiger charge is -2.48. The van der Waals surface area contributed by atoms with Crippen LogP contribution in [0.5, 0.6) is 0 Å². The van der Waals surface area contributed by atoms with E-state index in [0.29, 0.717) is 9.71 Å². The Morgan fingerprint density at radius 1 is 1.11 bits per heavy atom. The minimum absolute atomic E-state index is 0.00505. The summed E-state index contributed by atoms with van der Waals surface area (Å²) < 4.78 is 68.6. The predicted molar refractivity (Wildman–Crippen MR) is 159 cm³/mol. The smallest absolute Gasteiger partial charge is 0.422 e. The average molecular weight is 663 g/mol. The summed E-state index contributed by atoms with van der Waals surface area (Å²) in [4.78, 5) is 21.2. The van der Waals surface area contributed by atoms with Crippen LogP contribution in [0, 0.1) is 13.8 Å². The monoisotopic (exact) mass is 662 g/mol. The summed E-state index contributed by atoms with van der Waals surface area (Å²) >= 11 is 1.24. The van der Waals surface area contributed by atoms with E-state index in [9.17, 15) is 23.1 Å². The van der Waals surface area contributed by atoms with E-state index in [1.807, 2.05) is 30.3 Å². The van der Waals surface area contributed by atoms with Crippen molar-refractivity contribution in [1.29, 1.82) is 0 Å². The van der Waals surface area contributed by atoms with Crippen molar-refractivity contribution in [2.75, 3.05) is 6.61 Å². The molecule has 2 aromatic heterocycles. The molecule has 0 bridgehead atoms. The first-order valence-electron chi connectivity index (χ1n) is 14.5. The highest BCUT2D eigenvalue weighted by Crippen LogP contribution is 2.42. The van der Waals surface area contributed by atoms with Gasteiger partial charge in [-0.05, 0) is 46.8 Å². The summed E-state index contributed by atoms with van der Waals surface area (Å²) in [5, 5.41) is 16.7. The van der Waals surface area contributed by atoms with E-state index < -0.39 is 60.2 Å². The molecule has 4 heterocycles. The first-order chi connectivity index (χ1) is 21.7. The Kier molecular flexibility index (Phi) is 8.54. The Balaban J connectivity index is 1.38. The Morgan fingerprint density at radius 3 is 2.54 bits per heavy atom. The third kappa shape index (κ3) is 6.59. The second kappa shape index (κ2) is 12.2. The van der Waals surface area contributed by atoms with Gasteiger partial charge in [0.15, 0.2) is 12.1 Å². The third-order valence-electron chi connectivity index (χ3n) is 7.36. The molecule has 16 heteroatoms. The minimum atomic E-state index is -4.76. The first kappa shape index (κ1) is 32.3. The molecule has 2 aliphatic heterocycles. The van der Waals surface area contributed by atoms with Crippen LogP contribution in [0.25, 0.3) is 15.9 Å². The van der Waals surface area contributed by atoms with E-state index >= 15 is 0 Å². The van der Waals surface area contributed by atoms with Crippen molar-refractivity contribution in [3.8, 4) is 5.69 Å². The summed E-state index contributed by atoms with van der Waals surface area (Å²) in [6.45, 7) is 8.33. The van der Waals surface area contributed by atoms with Crippen LogP contribution in [0.1, 0.15) is 60.9 Å². The molecule has 2 saturated heterocycles. The zero-order valence-corrected chi connectivity index (χ0v) is 26.3. The van der Waals surface area contributed by atoms with Crippen LogP contribution in [-0.2, 0) is 25.1 Å². The first-order valence-corrected chi connectivity index (χ1v) is 15.3. The molecule has 246 valence electrons. The topological polar surface area (TPSA) is 142 Å². The summed E-state index contributed by atoms with van der Waals surface area (Å²) in [5.74, 6) is 0.0714. The van der Waals surface area contributed by atoms with Gasteiger partial charge in [0.2, 0.25) is 0 Å². The van der Waals surface area contributed by atoms with Crippen molar-refractivity contribution >= 4 is 27.6 Å². The number of hydrogen-bond acceptors (Lipinski definition) is 11. The molecule has 0 radical (unpaired) electrons. The van der Waals surface area contributed by atoms with Crippen molar-refractivity contribution in [3.63, 3.8) is 0 Å². The van der Waals surface area contributed by atoms with Gasteiger partial charge in [-0.25, -0.2) is 24.9 Å². The van der Waals surface area contributed by atoms with Gasteiger partial charge in [0.1, 0.15) is 35.8 Å². The molecule has 4 aromatic rings. The number of aliphatic hydroxyl groups is 1. The molecule has 3 N–H and O–H groups in total. The van der Waals surface area contributed by atoms with Crippen LogP contribution in [-0.4, -0.2) is 67.5 Å². The van der Waals surface area contributed by atoms with E-state index in [-0.39, 0.29) is 29.5 Å². The zero-order chi connectivity index (χ0) is 33.0. The molecular weight excluding hydrogens is 629 g/mol. The normalized spacial score (nSPS) is 25.3. The van der Waals surface area contributed by atoms with Crippen LogP contribution >= 0.6 is 11.3 Å². The number of amides is 1. The standard InChI is InChI=1S/C30H33F3N6O6S/c1-14-34-26(39(38-14)19-12-21-18(35-15(2)46-21)11-17(19)30(31,32)33)25-23(40)22(36-37-28(41)45-29(3,4)5)24-20(43-25)13-42-27(44-24)16-9-7-6-8-10-16/h6-12,20,22-25,27,36,40H,13H2,1-5H3,(H,37,41)/t20?,22?,23?,24-,25+,27?/m0/s1. The molecule has 0 aliphatic carbocycles. The van der Waals surface area contributed by atoms with Crippen LogP contribution in [0.2, 0.25) is 0 Å². The number of hydrazine groups is 1. The molecule has 0 spiro atoms. The Morgan fingerprint density at radius 2 is 1.85 bits per heavy atom. The van der Waals surface area contributed by atoms with Crippen LogP contribution in [0.4, 0.5) is 18.0 Å². The number of hydrogen-bond donors (Lipinski definition) is 3. The number of thiazole rings is 1. The lowest BCUT2D eigenvalue weighted by molar-refractivity contribution is -0.313. The lowest BCUT2D eigenvalue weighted by atomic mass is 9.91. The lowest BCUT2D eigenvalue weighted by Crippen LogP contribution is -2.66. The molecule has 2 aliphatic rings. The molecule has 12 nitrogen and oxygen atoms in total. The molecule has 0 saturated carbocycles. The highest BCUT2D eigenvalue weighted by atomic mass is 32.1. The second-order valence-electron chi connectivity index (χ2n) is 12.1. The van der Waals surface area contributed by atoms with Gasteiger partial charge in [0.05, 0.1) is 39.1 Å². The molecule has 6 rings (SSSR count). The predicted octanol–water partition coefficient (Wildman–Crippen LogP) is 4.83. The van der Waals surface area contributed by atoms with Crippen LogP contribution < -0.4 is 10.9 Å². The summed E-state index contributed by atoms with van der Waals surface area (Å²) in [5.41, 5.74) is 4.12. The highest BCUT2D eigenvalue weighted by molar-refractivity contribution is 7.18. The number of halogens is 3. The summed E-state index contributed by atoms with van der Waals surface area (Å²) in [6.07, 6.45) is -10.9. The van der Waals surface area contributed by atoms with Gasteiger partial charge < -0.3 is 24.1 Å². The number of fused-ring (bicyclic) bond motifs is 2. The van der Waals surface area contributed by atoms with Crippen molar-refractivity contribution in [3.05, 3.63) is 70.2 Å². The maximum atomic E-state index is 14.4. The molecule has 4 unspecified atom stereocenters. The van der Waals surface area contributed by atoms with E-state index in [0.717, 1.165) is 16.3 Å². The van der Waals surface area contributed by atoms with E-state index in [1.54, 1.807) is 27.7 Å². The number of alkyl halides is 3. The SMILES string of the molecule is Cc1nc([C@@H]2OC3COC(c4ccccc4)O[C@@H]3C(NNC(=O)OC(C)(C)C)C2O)n(-c2cc3sc(C)nc3cc2C(F)(F)F)n1. The molecule has 46 heavy (non-hydrogen) atoms. The van der Waals surface area contributed by atoms with Gasteiger partial charge in [-0.15, -0.1) is 11.3 Å². The van der Waals surface area contributed by atoms with Gasteiger partial charge in [0.25, 0.3) is 0 Å². The van der Waals surface area contributed by atoms with Gasteiger partial charge in [-0.3, -0.25) is 5.43 Å². The molecule has 2 aromatic carbocycles. The van der Waals surface area contributed by atoms with Crippen molar-refractivity contribution in [1.82, 2.24) is 30.6 Å². The van der Waals surface area contributed by atoms with Gasteiger partial charge in [-0.2, -0.15) is 18.3 Å². The number of carbonyl (C=O) groups is 1. The fourth-order valence-electron chi connectivity index (χ4n) is 5.52. The quantitative estimate of drug-likeness (QED) is 0.255. The maximum Gasteiger partial charge on any atom is 0.422 e. The Labute approximate surface area is 265 Å². The summed E-state index contributed by atoms with van der Waals surface area (Å²) in [7, 11) is 0. The fraction of sp³-hybridized carbons (Fsp3) is 0.467. The Bertz CT molecular complexity index is 1730. The number of rotatable bonds is 5. The van der Waals surface area contributed by atoms with Crippen LogP contribution in [0.15, 0.2) is 42.5 Å². The van der Waals surface area contributed by atoms with E-state index in [4.69, 9.17) is 18.9 Å². The number of carbonyl (C=O) groups excluding carboxylic acids is 1. The Hall–Kier alpha value is -3.67. The number of aromatic nitrogens is 4. The third-order valence-corrected chi connectivity index (χ3v) is 8.30. The zero-order valence-electron chi connectivity index (χ0n) is 25.5. The molecule has 2 fully saturated rings. The van der Waals surface area contributed by atoms with E-state index in [2.05, 4.69) is 25.9 Å². The minimum Gasteiger partial charge on any atom is -0.443 e. The molecule has 6 atom stereocenters. The largest absolute Gasteiger partial charge is 0.443 e. The number of nitrogens with one attached hydrogen (secondary N) is 2. The average Bonchev–Trinajstić information content (AvgIpc) is 3.55. The van der Waals surface area contributed by atoms with Crippen molar-refractivity contribution in [2.24, 2.45) is 0 Å². The highest BCUT2D eigenvalue weighted by Gasteiger charge is 2.52. The maximum absolute atomic E-state index is 14.4. The van der Waals surface area contributed by atoms with E-state index in [1.165, 1.54) is 24.3 Å². The molecule has 1 amide bonds. The van der Waals surface area contributed by atoms with Crippen molar-refractivity contribution in [2.45, 2.75) is 83.1 Å². The number of aliphatic hydroxyl groups excluding tert-OH is 1. The molecular formula is C30H33F3N6O6S. The number of benzene rings is 2. The van der Waals surface area contributed by atoms with Gasteiger partial charge in [0, 0.05) is 5.56 Å². The number of ether oxygens (including phenoxy) is 4. The van der Waals surface area contributed by atoms with Gasteiger partial charge in [-0.1, -0.05) is 30.3 Å².